The van der Waals surface area contributed by atoms with Gasteiger partial charge in [-0.2, -0.15) is 0 Å². The van der Waals surface area contributed by atoms with E-state index in [1.807, 2.05) is 13.8 Å². The highest BCUT2D eigenvalue weighted by Crippen LogP contribution is 2.19. The average molecular weight is 239 g/mol. The molecule has 1 heterocycles. The number of rotatable bonds is 6. The monoisotopic (exact) mass is 239 g/mol. The highest BCUT2D eigenvalue weighted by molar-refractivity contribution is 5.86. The molecule has 1 unspecified atom stereocenters. The number of carboxylic acid groups (broad SMARTS) is 1. The van der Waals surface area contributed by atoms with Crippen LogP contribution < -0.4 is 0 Å². The molecule has 0 fully saturated rings. The van der Waals surface area contributed by atoms with Crippen LogP contribution in [0.2, 0.25) is 0 Å². The van der Waals surface area contributed by atoms with Crippen LogP contribution >= 0.6 is 0 Å². The van der Waals surface area contributed by atoms with Crippen LogP contribution in [0.4, 0.5) is 0 Å². The summed E-state index contributed by atoms with van der Waals surface area (Å²) >= 11 is 0. The summed E-state index contributed by atoms with van der Waals surface area (Å²) in [6, 6.07) is 0. The van der Waals surface area contributed by atoms with Gasteiger partial charge in [-0.05, 0) is 18.3 Å². The Hall–Kier alpha value is -1.39. The summed E-state index contributed by atoms with van der Waals surface area (Å²) in [5.41, 5.74) is 0.809. The fraction of sp³-hybridized carbons (Fsp3) is 0.750. The SMILES string of the molecule is CCCC(C)Cn1nnc(C(=O)O)c1C(C)C. The first-order valence-electron chi connectivity index (χ1n) is 6.14. The minimum atomic E-state index is -0.997. The van der Waals surface area contributed by atoms with Gasteiger partial charge in [0.05, 0.1) is 5.69 Å². The van der Waals surface area contributed by atoms with Crippen molar-refractivity contribution in [2.75, 3.05) is 0 Å². The van der Waals surface area contributed by atoms with Crippen molar-refractivity contribution in [2.24, 2.45) is 5.92 Å². The molecule has 0 radical (unpaired) electrons. The van der Waals surface area contributed by atoms with Crippen molar-refractivity contribution < 1.29 is 9.90 Å². The molecular formula is C12H21N3O2. The Morgan fingerprint density at radius 2 is 2.06 bits per heavy atom. The van der Waals surface area contributed by atoms with Gasteiger partial charge in [0.2, 0.25) is 0 Å². The van der Waals surface area contributed by atoms with E-state index < -0.39 is 5.97 Å². The van der Waals surface area contributed by atoms with Gasteiger partial charge in [-0.3, -0.25) is 0 Å². The van der Waals surface area contributed by atoms with Gasteiger partial charge in [0.15, 0.2) is 5.69 Å². The maximum atomic E-state index is 11.0. The molecule has 0 amide bonds. The molecular weight excluding hydrogens is 218 g/mol. The zero-order valence-electron chi connectivity index (χ0n) is 11.0. The van der Waals surface area contributed by atoms with Crippen molar-refractivity contribution in [1.29, 1.82) is 0 Å². The highest BCUT2D eigenvalue weighted by atomic mass is 16.4. The lowest BCUT2D eigenvalue weighted by Crippen LogP contribution is -2.14. The van der Waals surface area contributed by atoms with Crippen molar-refractivity contribution >= 4 is 5.97 Å². The molecule has 0 spiro atoms. The van der Waals surface area contributed by atoms with Crippen LogP contribution in [0.15, 0.2) is 0 Å². The zero-order chi connectivity index (χ0) is 13.0. The molecule has 0 aliphatic carbocycles. The van der Waals surface area contributed by atoms with E-state index in [0.29, 0.717) is 5.92 Å². The first kappa shape index (κ1) is 13.7. The van der Waals surface area contributed by atoms with E-state index in [0.717, 1.165) is 25.1 Å². The van der Waals surface area contributed by atoms with Gasteiger partial charge < -0.3 is 5.11 Å². The van der Waals surface area contributed by atoms with Crippen molar-refractivity contribution in [2.45, 2.75) is 53.0 Å². The molecule has 0 saturated heterocycles. The quantitative estimate of drug-likeness (QED) is 0.828. The maximum Gasteiger partial charge on any atom is 0.358 e. The van der Waals surface area contributed by atoms with Crippen molar-refractivity contribution in [3.63, 3.8) is 0 Å². The molecule has 0 aliphatic rings. The highest BCUT2D eigenvalue weighted by Gasteiger charge is 2.21. The Bertz CT molecular complexity index is 385. The predicted octanol–water partition coefficient (Wildman–Crippen LogP) is 2.54. The van der Waals surface area contributed by atoms with E-state index in [9.17, 15) is 4.79 Å². The number of hydrogen-bond donors (Lipinski definition) is 1. The van der Waals surface area contributed by atoms with Crippen molar-refractivity contribution in [3.05, 3.63) is 11.4 Å². The molecule has 1 aromatic heterocycles. The Morgan fingerprint density at radius 3 is 2.53 bits per heavy atom. The summed E-state index contributed by atoms with van der Waals surface area (Å²) in [4.78, 5) is 11.0. The lowest BCUT2D eigenvalue weighted by atomic mass is 10.0. The lowest BCUT2D eigenvalue weighted by molar-refractivity contribution is 0.0688. The normalized spacial score (nSPS) is 13.0. The van der Waals surface area contributed by atoms with Crippen molar-refractivity contribution in [3.8, 4) is 0 Å². The minimum Gasteiger partial charge on any atom is -0.476 e. The van der Waals surface area contributed by atoms with E-state index in [1.54, 1.807) is 4.68 Å². The number of aromatic nitrogens is 3. The van der Waals surface area contributed by atoms with Crippen LogP contribution in [0.3, 0.4) is 0 Å². The molecule has 1 aromatic rings. The molecule has 0 aromatic carbocycles. The summed E-state index contributed by atoms with van der Waals surface area (Å²) in [7, 11) is 0. The third kappa shape index (κ3) is 3.28. The van der Waals surface area contributed by atoms with Gasteiger partial charge in [0.1, 0.15) is 0 Å². The van der Waals surface area contributed by atoms with Gasteiger partial charge in [-0.25, -0.2) is 9.48 Å². The fourth-order valence-corrected chi connectivity index (χ4v) is 2.06. The number of carbonyl (C=O) groups is 1. The Labute approximate surface area is 102 Å². The second-order valence-electron chi connectivity index (χ2n) is 4.86. The van der Waals surface area contributed by atoms with Gasteiger partial charge in [0.25, 0.3) is 0 Å². The molecule has 0 bridgehead atoms. The number of carboxylic acids is 1. The summed E-state index contributed by atoms with van der Waals surface area (Å²) in [6.45, 7) is 8.96. The molecule has 5 heteroatoms. The fourth-order valence-electron chi connectivity index (χ4n) is 2.06. The van der Waals surface area contributed by atoms with Crippen LogP contribution in [-0.4, -0.2) is 26.1 Å². The zero-order valence-corrected chi connectivity index (χ0v) is 11.0. The predicted molar refractivity (Wildman–Crippen MR) is 65.1 cm³/mol. The van der Waals surface area contributed by atoms with Crippen LogP contribution in [0.1, 0.15) is 62.6 Å². The van der Waals surface area contributed by atoms with Crippen LogP contribution in [0.5, 0.6) is 0 Å². The van der Waals surface area contributed by atoms with E-state index in [-0.39, 0.29) is 11.6 Å². The second kappa shape index (κ2) is 5.80. The molecule has 1 N–H and O–H groups in total. The standard InChI is InChI=1S/C12H21N3O2/c1-5-6-9(4)7-15-11(8(2)3)10(12(16)17)13-14-15/h8-9H,5-7H2,1-4H3,(H,16,17). The van der Waals surface area contributed by atoms with E-state index in [2.05, 4.69) is 24.2 Å². The first-order chi connectivity index (χ1) is 7.97. The van der Waals surface area contributed by atoms with Gasteiger partial charge in [-0.1, -0.05) is 39.3 Å². The third-order valence-corrected chi connectivity index (χ3v) is 2.79. The van der Waals surface area contributed by atoms with Crippen LogP contribution in [-0.2, 0) is 6.54 Å². The second-order valence-corrected chi connectivity index (χ2v) is 4.86. The molecule has 1 atom stereocenters. The number of hydrogen-bond acceptors (Lipinski definition) is 3. The largest absolute Gasteiger partial charge is 0.476 e. The lowest BCUT2D eigenvalue weighted by Gasteiger charge is -2.14. The number of aromatic carboxylic acids is 1. The Morgan fingerprint density at radius 1 is 1.41 bits per heavy atom. The van der Waals surface area contributed by atoms with Crippen LogP contribution in [0, 0.1) is 5.92 Å². The molecule has 96 valence electrons. The van der Waals surface area contributed by atoms with E-state index in [4.69, 9.17) is 5.11 Å². The van der Waals surface area contributed by atoms with E-state index in [1.165, 1.54) is 0 Å². The average Bonchev–Trinajstić information content (AvgIpc) is 2.61. The maximum absolute atomic E-state index is 11.0. The topological polar surface area (TPSA) is 68.0 Å². The molecule has 0 saturated carbocycles. The van der Waals surface area contributed by atoms with E-state index >= 15 is 0 Å². The Kier molecular flexibility index (Phi) is 4.66. The van der Waals surface area contributed by atoms with Gasteiger partial charge in [0, 0.05) is 6.54 Å². The number of nitrogens with zero attached hydrogens (tertiary/aromatic N) is 3. The van der Waals surface area contributed by atoms with Crippen molar-refractivity contribution in [1.82, 2.24) is 15.0 Å². The smallest absolute Gasteiger partial charge is 0.358 e. The molecule has 0 aliphatic heterocycles. The Balaban J connectivity index is 2.96. The van der Waals surface area contributed by atoms with Crippen LogP contribution in [0.25, 0.3) is 0 Å². The molecule has 17 heavy (non-hydrogen) atoms. The first-order valence-corrected chi connectivity index (χ1v) is 6.14. The minimum absolute atomic E-state index is 0.0868. The summed E-state index contributed by atoms with van der Waals surface area (Å²) in [5, 5.41) is 16.8. The van der Waals surface area contributed by atoms with Gasteiger partial charge in [-0.15, -0.1) is 5.10 Å². The molecule has 1 rings (SSSR count). The third-order valence-electron chi connectivity index (χ3n) is 2.79. The van der Waals surface area contributed by atoms with Gasteiger partial charge >= 0.3 is 5.97 Å². The summed E-state index contributed by atoms with van der Waals surface area (Å²) < 4.78 is 1.74. The summed E-state index contributed by atoms with van der Waals surface area (Å²) in [6.07, 6.45) is 2.23. The summed E-state index contributed by atoms with van der Waals surface area (Å²) in [5.74, 6) is -0.395. The molecule has 5 nitrogen and oxygen atoms in total.